The van der Waals surface area contributed by atoms with Gasteiger partial charge in [0, 0.05) is 19.3 Å². The normalized spacial score (nSPS) is 10.1. The first kappa shape index (κ1) is 13.2. The maximum atomic E-state index is 8.66. The van der Waals surface area contributed by atoms with E-state index >= 15 is 0 Å². The summed E-state index contributed by atoms with van der Waals surface area (Å²) in [7, 11) is 0. The Bertz CT molecular complexity index is 384. The van der Waals surface area contributed by atoms with Gasteiger partial charge < -0.3 is 4.90 Å². The molecule has 1 heterocycles. The van der Waals surface area contributed by atoms with Crippen LogP contribution in [-0.4, -0.2) is 23.1 Å². The number of rotatable bonds is 6. The molecule has 6 nitrogen and oxygen atoms in total. The molecule has 0 aromatic carbocycles. The van der Waals surface area contributed by atoms with Gasteiger partial charge in [0.25, 0.3) is 0 Å². The van der Waals surface area contributed by atoms with Gasteiger partial charge in [-0.3, -0.25) is 5.43 Å². The molecule has 92 valence electrons. The molecule has 0 aliphatic rings. The van der Waals surface area contributed by atoms with Crippen LogP contribution in [0.2, 0.25) is 0 Å². The van der Waals surface area contributed by atoms with Crippen molar-refractivity contribution in [2.24, 2.45) is 11.8 Å². The predicted molar refractivity (Wildman–Crippen MR) is 67.1 cm³/mol. The first-order valence-electron chi connectivity index (χ1n) is 5.59. The van der Waals surface area contributed by atoms with Crippen LogP contribution in [0.5, 0.6) is 0 Å². The third kappa shape index (κ3) is 4.25. The molecule has 0 radical (unpaired) electrons. The zero-order chi connectivity index (χ0) is 12.7. The standard InChI is InChI=1S/C11H18N6/c1-9(2)8-17(7-3-5-12)10-4-6-14-11(15-10)16-13/h4,6,9H,3,7-8,13H2,1-2H3,(H,14,15,16). The molecule has 0 bridgehead atoms. The summed E-state index contributed by atoms with van der Waals surface area (Å²) in [5.41, 5.74) is 2.42. The molecular formula is C11H18N6. The molecule has 0 saturated heterocycles. The summed E-state index contributed by atoms with van der Waals surface area (Å²) < 4.78 is 0. The predicted octanol–water partition coefficient (Wildman–Crippen LogP) is 1.14. The first-order valence-corrected chi connectivity index (χ1v) is 5.59. The van der Waals surface area contributed by atoms with E-state index in [1.54, 1.807) is 6.20 Å². The fourth-order valence-corrected chi connectivity index (χ4v) is 1.52. The summed E-state index contributed by atoms with van der Waals surface area (Å²) in [5, 5.41) is 8.66. The van der Waals surface area contributed by atoms with E-state index in [0.29, 0.717) is 24.8 Å². The van der Waals surface area contributed by atoms with Crippen molar-refractivity contribution in [1.82, 2.24) is 9.97 Å². The minimum Gasteiger partial charge on any atom is -0.355 e. The minimum absolute atomic E-state index is 0.383. The molecule has 0 fully saturated rings. The van der Waals surface area contributed by atoms with Crippen molar-refractivity contribution in [1.29, 1.82) is 5.26 Å². The Labute approximate surface area is 101 Å². The van der Waals surface area contributed by atoms with Crippen molar-refractivity contribution in [3.63, 3.8) is 0 Å². The summed E-state index contributed by atoms with van der Waals surface area (Å²) in [6.07, 6.45) is 2.12. The van der Waals surface area contributed by atoms with E-state index < -0.39 is 0 Å². The lowest BCUT2D eigenvalue weighted by molar-refractivity contribution is 0.607. The number of nitrogens with zero attached hydrogens (tertiary/aromatic N) is 4. The zero-order valence-electron chi connectivity index (χ0n) is 10.2. The van der Waals surface area contributed by atoms with Gasteiger partial charge in [-0.2, -0.15) is 10.2 Å². The van der Waals surface area contributed by atoms with Gasteiger partial charge in [-0.25, -0.2) is 10.8 Å². The Morgan fingerprint density at radius 2 is 2.35 bits per heavy atom. The van der Waals surface area contributed by atoms with Crippen molar-refractivity contribution < 1.29 is 0 Å². The number of hydrogen-bond acceptors (Lipinski definition) is 6. The number of nitriles is 1. The van der Waals surface area contributed by atoms with Crippen LogP contribution < -0.4 is 16.2 Å². The fourth-order valence-electron chi connectivity index (χ4n) is 1.52. The quantitative estimate of drug-likeness (QED) is 0.566. The van der Waals surface area contributed by atoms with Gasteiger partial charge in [-0.15, -0.1) is 0 Å². The molecule has 0 aliphatic heterocycles. The topological polar surface area (TPSA) is 90.9 Å². The van der Waals surface area contributed by atoms with Crippen molar-refractivity contribution in [2.45, 2.75) is 20.3 Å². The van der Waals surface area contributed by atoms with Crippen molar-refractivity contribution in [3.8, 4) is 6.07 Å². The van der Waals surface area contributed by atoms with Gasteiger partial charge in [0.2, 0.25) is 5.95 Å². The molecule has 0 unspecified atom stereocenters. The Balaban J connectivity index is 2.83. The third-order valence-electron chi connectivity index (χ3n) is 2.17. The number of aromatic nitrogens is 2. The third-order valence-corrected chi connectivity index (χ3v) is 2.17. The lowest BCUT2D eigenvalue weighted by Gasteiger charge is -2.24. The van der Waals surface area contributed by atoms with Gasteiger partial charge in [-0.05, 0) is 12.0 Å². The average Bonchev–Trinajstić information content (AvgIpc) is 2.34. The van der Waals surface area contributed by atoms with Gasteiger partial charge in [-0.1, -0.05) is 13.8 Å². The van der Waals surface area contributed by atoms with Crippen LogP contribution in [-0.2, 0) is 0 Å². The van der Waals surface area contributed by atoms with Crippen LogP contribution in [0.25, 0.3) is 0 Å². The SMILES string of the molecule is CC(C)CN(CCC#N)c1ccnc(NN)n1. The molecule has 0 amide bonds. The molecular weight excluding hydrogens is 216 g/mol. The molecule has 1 aromatic rings. The van der Waals surface area contributed by atoms with E-state index in [0.717, 1.165) is 12.4 Å². The second-order valence-electron chi connectivity index (χ2n) is 4.13. The molecule has 1 aromatic heterocycles. The van der Waals surface area contributed by atoms with E-state index in [9.17, 15) is 0 Å². The highest BCUT2D eigenvalue weighted by molar-refractivity contribution is 5.42. The van der Waals surface area contributed by atoms with Crippen LogP contribution >= 0.6 is 0 Å². The largest absolute Gasteiger partial charge is 0.355 e. The molecule has 0 spiro atoms. The number of nitrogens with one attached hydrogen (secondary N) is 1. The number of hydrogen-bond donors (Lipinski definition) is 2. The highest BCUT2D eigenvalue weighted by Gasteiger charge is 2.10. The molecule has 3 N–H and O–H groups in total. The lowest BCUT2D eigenvalue weighted by Crippen LogP contribution is -2.29. The van der Waals surface area contributed by atoms with Gasteiger partial charge in [0.1, 0.15) is 5.82 Å². The van der Waals surface area contributed by atoms with E-state index in [2.05, 4.69) is 40.2 Å². The number of hydrazine groups is 1. The molecule has 0 aliphatic carbocycles. The molecule has 0 saturated carbocycles. The maximum absolute atomic E-state index is 8.66. The van der Waals surface area contributed by atoms with Crippen LogP contribution in [0.15, 0.2) is 12.3 Å². The highest BCUT2D eigenvalue weighted by Crippen LogP contribution is 2.14. The van der Waals surface area contributed by atoms with Crippen LogP contribution in [0, 0.1) is 17.2 Å². The van der Waals surface area contributed by atoms with Gasteiger partial charge in [0.05, 0.1) is 12.5 Å². The van der Waals surface area contributed by atoms with Crippen LogP contribution in [0.3, 0.4) is 0 Å². The number of anilines is 2. The molecule has 1 rings (SSSR count). The Morgan fingerprint density at radius 3 is 2.94 bits per heavy atom. The monoisotopic (exact) mass is 234 g/mol. The first-order chi connectivity index (χ1) is 8.17. The number of nitrogen functional groups attached to an aromatic ring is 1. The molecule has 6 heteroatoms. The summed E-state index contributed by atoms with van der Waals surface area (Å²) in [5.74, 6) is 6.94. The van der Waals surface area contributed by atoms with Crippen LogP contribution in [0.4, 0.5) is 11.8 Å². The Hall–Kier alpha value is -1.87. The molecule has 17 heavy (non-hydrogen) atoms. The lowest BCUT2D eigenvalue weighted by atomic mass is 10.2. The highest BCUT2D eigenvalue weighted by atomic mass is 15.3. The fraction of sp³-hybridized carbons (Fsp3) is 0.545. The Kier molecular flexibility index (Phi) is 5.17. The van der Waals surface area contributed by atoms with Gasteiger partial charge in [0.15, 0.2) is 0 Å². The van der Waals surface area contributed by atoms with E-state index in [4.69, 9.17) is 11.1 Å². The van der Waals surface area contributed by atoms with Crippen LogP contribution in [0.1, 0.15) is 20.3 Å². The summed E-state index contributed by atoms with van der Waals surface area (Å²) in [6.45, 7) is 5.77. The smallest absolute Gasteiger partial charge is 0.239 e. The van der Waals surface area contributed by atoms with E-state index in [1.165, 1.54) is 0 Å². The Morgan fingerprint density at radius 1 is 1.59 bits per heavy atom. The molecule has 0 atom stereocenters. The second kappa shape index (κ2) is 6.66. The van der Waals surface area contributed by atoms with Gasteiger partial charge >= 0.3 is 0 Å². The summed E-state index contributed by atoms with van der Waals surface area (Å²) in [6, 6.07) is 3.96. The van der Waals surface area contributed by atoms with Crippen molar-refractivity contribution >= 4 is 11.8 Å². The van der Waals surface area contributed by atoms with Crippen molar-refractivity contribution in [3.05, 3.63) is 12.3 Å². The summed E-state index contributed by atoms with van der Waals surface area (Å²) in [4.78, 5) is 10.3. The average molecular weight is 234 g/mol. The van der Waals surface area contributed by atoms with E-state index in [1.807, 2.05) is 6.07 Å². The minimum atomic E-state index is 0.383. The summed E-state index contributed by atoms with van der Waals surface area (Å²) >= 11 is 0. The number of nitrogens with two attached hydrogens (primary N) is 1. The maximum Gasteiger partial charge on any atom is 0.239 e. The van der Waals surface area contributed by atoms with E-state index in [-0.39, 0.29) is 0 Å². The second-order valence-corrected chi connectivity index (χ2v) is 4.13. The zero-order valence-corrected chi connectivity index (χ0v) is 10.2. The van der Waals surface area contributed by atoms with Crippen molar-refractivity contribution in [2.75, 3.05) is 23.4 Å².